The number of alkyl halides is 3. The third kappa shape index (κ3) is 4.27. The van der Waals surface area contributed by atoms with Gasteiger partial charge in [-0.3, -0.25) is 9.78 Å². The van der Waals surface area contributed by atoms with Gasteiger partial charge in [0.15, 0.2) is 5.82 Å². The Morgan fingerprint density at radius 3 is 2.43 bits per heavy atom. The van der Waals surface area contributed by atoms with Crippen LogP contribution >= 0.6 is 0 Å². The third-order valence-electron chi connectivity index (χ3n) is 3.91. The van der Waals surface area contributed by atoms with Gasteiger partial charge in [-0.15, -0.1) is 5.10 Å². The van der Waals surface area contributed by atoms with Gasteiger partial charge in [-0.25, -0.2) is 27.7 Å². The van der Waals surface area contributed by atoms with Gasteiger partial charge < -0.3 is 0 Å². The van der Waals surface area contributed by atoms with Crippen LogP contribution < -0.4 is 0 Å². The van der Waals surface area contributed by atoms with Gasteiger partial charge in [0, 0.05) is 24.8 Å². The predicted molar refractivity (Wildman–Crippen MR) is 95.6 cm³/mol. The molecule has 0 radical (unpaired) electrons. The molecule has 1 amide bonds. The normalized spacial score (nSPS) is 13.1. The van der Waals surface area contributed by atoms with E-state index < -0.39 is 39.3 Å². The average molecular weight is 441 g/mol. The summed E-state index contributed by atoms with van der Waals surface area (Å²) in [5.74, 6) is -1.38. The van der Waals surface area contributed by atoms with Crippen molar-refractivity contribution in [1.29, 1.82) is 0 Å². The molecule has 0 aliphatic heterocycles. The van der Waals surface area contributed by atoms with Crippen LogP contribution in [0.4, 0.5) is 13.2 Å². The van der Waals surface area contributed by atoms with Crippen LogP contribution in [0.5, 0.6) is 0 Å². The molecule has 158 valence electrons. The molecule has 1 atom stereocenters. The van der Waals surface area contributed by atoms with Crippen molar-refractivity contribution in [3.8, 4) is 5.95 Å². The van der Waals surface area contributed by atoms with E-state index in [9.17, 15) is 26.4 Å². The molecule has 0 bridgehead atoms. The molecule has 0 aliphatic carbocycles. The van der Waals surface area contributed by atoms with E-state index in [1.165, 1.54) is 25.6 Å². The SMILES string of the molecule is CC(c1ncn(-c2ncccn2)n1)N(C(=O)c1ccncc1C(F)(F)F)S(C)(=O)=O. The Bertz CT molecular complexity index is 1170. The van der Waals surface area contributed by atoms with Gasteiger partial charge >= 0.3 is 6.18 Å². The van der Waals surface area contributed by atoms with Crippen molar-refractivity contribution >= 4 is 15.9 Å². The lowest BCUT2D eigenvalue weighted by Gasteiger charge is -2.26. The summed E-state index contributed by atoms with van der Waals surface area (Å²) in [4.78, 5) is 28.1. The highest BCUT2D eigenvalue weighted by Gasteiger charge is 2.40. The minimum atomic E-state index is -4.91. The summed E-state index contributed by atoms with van der Waals surface area (Å²) in [6.45, 7) is 1.28. The number of aromatic nitrogens is 6. The van der Waals surface area contributed by atoms with E-state index in [1.807, 2.05) is 0 Å². The molecule has 0 saturated carbocycles. The summed E-state index contributed by atoms with van der Waals surface area (Å²) < 4.78 is 65.9. The zero-order valence-electron chi connectivity index (χ0n) is 15.5. The summed E-state index contributed by atoms with van der Waals surface area (Å²) >= 11 is 0. The van der Waals surface area contributed by atoms with Gasteiger partial charge in [0.25, 0.3) is 11.9 Å². The Labute approximate surface area is 168 Å². The van der Waals surface area contributed by atoms with E-state index in [0.717, 1.165) is 16.9 Å². The minimum absolute atomic E-state index is 0.133. The quantitative estimate of drug-likeness (QED) is 0.585. The molecular formula is C16H14F3N7O3S. The molecular weight excluding hydrogens is 427 g/mol. The van der Waals surface area contributed by atoms with Crippen molar-refractivity contribution < 1.29 is 26.4 Å². The van der Waals surface area contributed by atoms with Gasteiger partial charge in [-0.05, 0) is 19.1 Å². The first-order chi connectivity index (χ1) is 14.0. The summed E-state index contributed by atoms with van der Waals surface area (Å²) in [7, 11) is -4.30. The Balaban J connectivity index is 2.03. The number of sulfonamides is 1. The second kappa shape index (κ2) is 7.78. The fourth-order valence-electron chi connectivity index (χ4n) is 2.62. The lowest BCUT2D eigenvalue weighted by molar-refractivity contribution is -0.138. The lowest BCUT2D eigenvalue weighted by atomic mass is 10.1. The van der Waals surface area contributed by atoms with Crippen molar-refractivity contribution in [1.82, 2.24) is 34.0 Å². The van der Waals surface area contributed by atoms with E-state index in [1.54, 1.807) is 6.07 Å². The maximum atomic E-state index is 13.3. The molecule has 10 nitrogen and oxygen atoms in total. The van der Waals surface area contributed by atoms with Crippen molar-refractivity contribution in [2.45, 2.75) is 19.1 Å². The summed E-state index contributed by atoms with van der Waals surface area (Å²) in [6.07, 6.45) is 1.30. The molecule has 0 aliphatic rings. The van der Waals surface area contributed by atoms with E-state index in [4.69, 9.17) is 0 Å². The highest BCUT2D eigenvalue weighted by atomic mass is 32.2. The molecule has 3 heterocycles. The fourth-order valence-corrected chi connectivity index (χ4v) is 3.69. The number of halogens is 3. The first-order valence-corrected chi connectivity index (χ1v) is 10.1. The number of pyridine rings is 1. The Hall–Kier alpha value is -3.42. The molecule has 0 spiro atoms. The second-order valence-corrected chi connectivity index (χ2v) is 7.91. The topological polar surface area (TPSA) is 124 Å². The first-order valence-electron chi connectivity index (χ1n) is 8.24. The molecule has 0 saturated heterocycles. The van der Waals surface area contributed by atoms with E-state index >= 15 is 0 Å². The Morgan fingerprint density at radius 2 is 1.83 bits per heavy atom. The highest BCUT2D eigenvalue weighted by molar-refractivity contribution is 7.88. The van der Waals surface area contributed by atoms with E-state index in [0.29, 0.717) is 16.8 Å². The van der Waals surface area contributed by atoms with Crippen LogP contribution in [0.25, 0.3) is 5.95 Å². The van der Waals surface area contributed by atoms with Gasteiger partial charge in [0.05, 0.1) is 17.4 Å². The Morgan fingerprint density at radius 1 is 1.17 bits per heavy atom. The number of rotatable bonds is 5. The lowest BCUT2D eigenvalue weighted by Crippen LogP contribution is -2.39. The monoisotopic (exact) mass is 441 g/mol. The molecule has 0 fully saturated rings. The standard InChI is InChI=1S/C16H14F3N7O3S/c1-10(13-23-9-25(24-13)15-21-5-3-6-22-15)26(30(2,28)29)14(27)11-4-7-20-8-12(11)16(17,18)19/h3-10H,1-2H3. The molecule has 0 N–H and O–H groups in total. The molecule has 14 heteroatoms. The van der Waals surface area contributed by atoms with Gasteiger partial charge in [-0.2, -0.15) is 17.9 Å². The zero-order valence-corrected chi connectivity index (χ0v) is 16.3. The highest BCUT2D eigenvalue weighted by Crippen LogP contribution is 2.33. The largest absolute Gasteiger partial charge is 0.418 e. The van der Waals surface area contributed by atoms with Crippen molar-refractivity contribution in [3.63, 3.8) is 0 Å². The molecule has 30 heavy (non-hydrogen) atoms. The number of hydrogen-bond acceptors (Lipinski definition) is 8. The van der Waals surface area contributed by atoms with Crippen molar-refractivity contribution in [2.75, 3.05) is 6.26 Å². The first kappa shape index (κ1) is 21.3. The number of carbonyl (C=O) groups is 1. The van der Waals surface area contributed by atoms with E-state index in [-0.39, 0.29) is 11.8 Å². The van der Waals surface area contributed by atoms with Crippen LogP contribution in [-0.4, -0.2) is 54.6 Å². The molecule has 3 rings (SSSR count). The number of nitrogens with zero attached hydrogens (tertiary/aromatic N) is 7. The van der Waals surface area contributed by atoms with Crippen LogP contribution in [0.1, 0.15) is 34.7 Å². The van der Waals surface area contributed by atoms with Crippen LogP contribution in [0.2, 0.25) is 0 Å². The van der Waals surface area contributed by atoms with Crippen LogP contribution in [-0.2, 0) is 16.2 Å². The smallest absolute Gasteiger partial charge is 0.268 e. The molecule has 3 aromatic heterocycles. The molecule has 1 unspecified atom stereocenters. The zero-order chi connectivity index (χ0) is 22.1. The summed E-state index contributed by atoms with van der Waals surface area (Å²) in [6, 6.07) is 1.06. The fraction of sp³-hybridized carbons (Fsp3) is 0.250. The molecule has 0 aromatic carbocycles. The number of hydrogen-bond donors (Lipinski definition) is 0. The van der Waals surface area contributed by atoms with Crippen LogP contribution in [0.15, 0.2) is 43.2 Å². The third-order valence-corrected chi connectivity index (χ3v) is 5.10. The van der Waals surface area contributed by atoms with Gasteiger partial charge in [0.2, 0.25) is 10.0 Å². The Kier molecular flexibility index (Phi) is 5.52. The average Bonchev–Trinajstić information content (AvgIpc) is 3.17. The van der Waals surface area contributed by atoms with Gasteiger partial charge in [0.1, 0.15) is 12.4 Å². The molecule has 3 aromatic rings. The van der Waals surface area contributed by atoms with E-state index in [2.05, 4.69) is 25.0 Å². The predicted octanol–water partition coefficient (Wildman–Crippen LogP) is 1.63. The summed E-state index contributed by atoms with van der Waals surface area (Å²) in [5.41, 5.74) is -2.22. The number of amides is 1. The van der Waals surface area contributed by atoms with Crippen LogP contribution in [0.3, 0.4) is 0 Å². The minimum Gasteiger partial charge on any atom is -0.268 e. The van der Waals surface area contributed by atoms with Crippen molar-refractivity contribution in [2.24, 2.45) is 0 Å². The maximum Gasteiger partial charge on any atom is 0.418 e. The number of carbonyl (C=O) groups excluding carboxylic acids is 1. The summed E-state index contributed by atoms with van der Waals surface area (Å²) in [5, 5.41) is 4.05. The van der Waals surface area contributed by atoms with Crippen LogP contribution in [0, 0.1) is 0 Å². The second-order valence-electron chi connectivity index (χ2n) is 6.06. The van der Waals surface area contributed by atoms with Gasteiger partial charge in [-0.1, -0.05) is 0 Å². The maximum absolute atomic E-state index is 13.3. The van der Waals surface area contributed by atoms with Crippen molar-refractivity contribution in [3.05, 3.63) is 60.2 Å².